The van der Waals surface area contributed by atoms with E-state index in [2.05, 4.69) is 15.2 Å². The number of aromatic amines is 1. The SMILES string of the molecule is O=C(O)/C=C/c1ccc(/C(=C(\c2ncc(Cl)cc2C(F)(F)F)C2CCC2)c2ccc3[nH]nc(F)c3c2)cc1. The van der Waals surface area contributed by atoms with Crippen molar-refractivity contribution in [1.82, 2.24) is 15.2 Å². The highest BCUT2D eigenvalue weighted by Gasteiger charge is 2.39. The monoisotopic (exact) mass is 541 g/mol. The Bertz CT molecular complexity index is 1590. The Morgan fingerprint density at radius 3 is 2.42 bits per heavy atom. The lowest BCUT2D eigenvalue weighted by molar-refractivity contribution is -0.138. The number of carboxylic acid groups (broad SMARTS) is 1. The molecule has 2 aromatic heterocycles. The first-order valence-corrected chi connectivity index (χ1v) is 12.1. The maximum absolute atomic E-state index is 14.4. The smallest absolute Gasteiger partial charge is 0.418 e. The fourth-order valence-corrected chi connectivity index (χ4v) is 4.78. The molecule has 38 heavy (non-hydrogen) atoms. The second-order valence-electron chi connectivity index (χ2n) is 9.03. The van der Waals surface area contributed by atoms with Gasteiger partial charge in [-0.15, -0.1) is 5.10 Å². The van der Waals surface area contributed by atoms with Gasteiger partial charge in [-0.3, -0.25) is 10.1 Å². The molecule has 0 amide bonds. The van der Waals surface area contributed by atoms with E-state index in [9.17, 15) is 22.4 Å². The standard InChI is InChI=1S/C28H20ClF4N3O2/c29-19-13-21(28(31,32)33)26(34-14-19)25(16-2-1-3-16)24(17-7-4-15(5-8-17)6-11-23(37)38)18-9-10-22-20(12-18)27(30)36-35-22/h4-14,16H,1-3H2,(H,35,36)(H,37,38)/b11-6+,25-24+. The normalized spacial score (nSPS) is 15.1. The predicted octanol–water partition coefficient (Wildman–Crippen LogP) is 7.63. The zero-order chi connectivity index (χ0) is 27.0. The Balaban J connectivity index is 1.81. The molecule has 5 nitrogen and oxygen atoms in total. The third kappa shape index (κ3) is 5.06. The summed E-state index contributed by atoms with van der Waals surface area (Å²) in [6, 6.07) is 12.5. The third-order valence-electron chi connectivity index (χ3n) is 6.62. The van der Waals surface area contributed by atoms with Crippen LogP contribution in [0, 0.1) is 11.9 Å². The summed E-state index contributed by atoms with van der Waals surface area (Å²) < 4.78 is 57.1. The fraction of sp³-hybridized carbons (Fsp3) is 0.179. The molecule has 4 aromatic rings. The Labute approximate surface area is 219 Å². The predicted molar refractivity (Wildman–Crippen MR) is 137 cm³/mol. The van der Waals surface area contributed by atoms with Gasteiger partial charge in [-0.25, -0.2) is 4.79 Å². The summed E-state index contributed by atoms with van der Waals surface area (Å²) >= 11 is 5.93. The summed E-state index contributed by atoms with van der Waals surface area (Å²) in [5.41, 5.74) is 1.84. The summed E-state index contributed by atoms with van der Waals surface area (Å²) in [5, 5.41) is 15.2. The number of allylic oxidation sites excluding steroid dienone is 1. The molecule has 1 aliphatic rings. The number of nitrogens with zero attached hydrogens (tertiary/aromatic N) is 2. The lowest BCUT2D eigenvalue weighted by Gasteiger charge is -2.32. The van der Waals surface area contributed by atoms with Crippen molar-refractivity contribution in [3.8, 4) is 0 Å². The number of alkyl halides is 3. The summed E-state index contributed by atoms with van der Waals surface area (Å²) in [5.74, 6) is -2.04. The van der Waals surface area contributed by atoms with Gasteiger partial charge >= 0.3 is 12.1 Å². The number of benzene rings is 2. The molecule has 0 bridgehead atoms. The number of fused-ring (bicyclic) bond motifs is 1. The molecule has 0 saturated heterocycles. The zero-order valence-electron chi connectivity index (χ0n) is 19.7. The van der Waals surface area contributed by atoms with E-state index in [4.69, 9.17) is 16.7 Å². The maximum atomic E-state index is 14.4. The largest absolute Gasteiger partial charge is 0.478 e. The number of carboxylic acids is 1. The minimum absolute atomic E-state index is 0.132. The number of nitrogens with one attached hydrogen (secondary N) is 1. The van der Waals surface area contributed by atoms with E-state index in [1.54, 1.807) is 42.5 Å². The highest BCUT2D eigenvalue weighted by molar-refractivity contribution is 6.30. The molecule has 0 aliphatic heterocycles. The van der Waals surface area contributed by atoms with Gasteiger partial charge in [0.05, 0.1) is 27.2 Å². The molecule has 0 atom stereocenters. The van der Waals surface area contributed by atoms with Gasteiger partial charge in [0.2, 0.25) is 5.95 Å². The van der Waals surface area contributed by atoms with Gasteiger partial charge < -0.3 is 5.11 Å². The van der Waals surface area contributed by atoms with Gasteiger partial charge in [-0.05, 0) is 70.9 Å². The highest BCUT2D eigenvalue weighted by Crippen LogP contribution is 2.48. The number of pyridine rings is 1. The van der Waals surface area contributed by atoms with Crippen molar-refractivity contribution in [3.63, 3.8) is 0 Å². The lowest BCUT2D eigenvalue weighted by atomic mass is 9.73. The van der Waals surface area contributed by atoms with Gasteiger partial charge in [-0.2, -0.15) is 17.6 Å². The first-order chi connectivity index (χ1) is 18.1. The average Bonchev–Trinajstić information content (AvgIpc) is 3.21. The molecule has 2 N–H and O–H groups in total. The molecule has 0 unspecified atom stereocenters. The molecule has 2 heterocycles. The molecule has 10 heteroatoms. The van der Waals surface area contributed by atoms with Crippen LogP contribution in [0.15, 0.2) is 60.8 Å². The molecule has 1 fully saturated rings. The third-order valence-corrected chi connectivity index (χ3v) is 6.83. The van der Waals surface area contributed by atoms with Gasteiger partial charge in [0.25, 0.3) is 0 Å². The van der Waals surface area contributed by atoms with Crippen molar-refractivity contribution >= 4 is 45.7 Å². The molecular formula is C28H20ClF4N3O2. The topological polar surface area (TPSA) is 78.9 Å². The lowest BCUT2D eigenvalue weighted by Crippen LogP contribution is -2.19. The second-order valence-corrected chi connectivity index (χ2v) is 9.47. The molecular weight excluding hydrogens is 522 g/mol. The minimum Gasteiger partial charge on any atom is -0.478 e. The summed E-state index contributed by atoms with van der Waals surface area (Å²) in [4.78, 5) is 15.1. The van der Waals surface area contributed by atoms with Crippen LogP contribution < -0.4 is 0 Å². The van der Waals surface area contributed by atoms with Crippen LogP contribution in [0.3, 0.4) is 0 Å². The highest BCUT2D eigenvalue weighted by atomic mass is 35.5. The van der Waals surface area contributed by atoms with Gasteiger partial charge in [0.15, 0.2) is 0 Å². The first-order valence-electron chi connectivity index (χ1n) is 11.7. The summed E-state index contributed by atoms with van der Waals surface area (Å²) in [6.45, 7) is 0. The van der Waals surface area contributed by atoms with Crippen LogP contribution in [0.1, 0.15) is 47.2 Å². The zero-order valence-corrected chi connectivity index (χ0v) is 20.4. The summed E-state index contributed by atoms with van der Waals surface area (Å²) in [6.07, 6.45) is 1.09. The maximum Gasteiger partial charge on any atom is 0.418 e. The van der Waals surface area contributed by atoms with E-state index >= 15 is 0 Å². The summed E-state index contributed by atoms with van der Waals surface area (Å²) in [7, 11) is 0. The number of aliphatic carboxylic acids is 1. The average molecular weight is 542 g/mol. The molecule has 1 saturated carbocycles. The van der Waals surface area contributed by atoms with Crippen molar-refractivity contribution in [2.45, 2.75) is 25.4 Å². The van der Waals surface area contributed by atoms with Crippen molar-refractivity contribution < 1.29 is 27.5 Å². The first kappa shape index (κ1) is 25.7. The minimum atomic E-state index is -4.71. The van der Waals surface area contributed by atoms with Gasteiger partial charge in [-0.1, -0.05) is 48.4 Å². The van der Waals surface area contributed by atoms with E-state index in [0.717, 1.165) is 18.6 Å². The van der Waals surface area contributed by atoms with Crippen molar-refractivity contribution in [2.24, 2.45) is 5.92 Å². The quantitative estimate of drug-likeness (QED) is 0.194. The van der Waals surface area contributed by atoms with Crippen LogP contribution in [0.4, 0.5) is 17.6 Å². The van der Waals surface area contributed by atoms with E-state index in [1.165, 1.54) is 12.3 Å². The van der Waals surface area contributed by atoms with Gasteiger partial charge in [0, 0.05) is 12.3 Å². The van der Waals surface area contributed by atoms with E-state index < -0.39 is 23.7 Å². The molecule has 5 rings (SSSR count). The number of hydrogen-bond donors (Lipinski definition) is 2. The van der Waals surface area contributed by atoms with E-state index in [-0.39, 0.29) is 22.0 Å². The molecule has 194 valence electrons. The van der Waals surface area contributed by atoms with Crippen LogP contribution in [-0.2, 0) is 11.0 Å². The number of hydrogen-bond acceptors (Lipinski definition) is 3. The molecule has 1 aliphatic carbocycles. The number of carbonyl (C=O) groups is 1. The number of H-pyrrole nitrogens is 1. The van der Waals surface area contributed by atoms with E-state index in [1.807, 2.05) is 0 Å². The van der Waals surface area contributed by atoms with Crippen LogP contribution in [0.5, 0.6) is 0 Å². The van der Waals surface area contributed by atoms with Crippen LogP contribution in [0.25, 0.3) is 28.1 Å². The molecule has 2 aromatic carbocycles. The van der Waals surface area contributed by atoms with Crippen molar-refractivity contribution in [1.29, 1.82) is 0 Å². The Kier molecular flexibility index (Phi) is 6.79. The second kappa shape index (κ2) is 10.1. The Morgan fingerprint density at radius 2 is 1.79 bits per heavy atom. The van der Waals surface area contributed by atoms with Crippen molar-refractivity contribution in [3.05, 3.63) is 99.7 Å². The number of halogens is 5. The molecule has 0 radical (unpaired) electrons. The Morgan fingerprint density at radius 1 is 1.08 bits per heavy atom. The fourth-order valence-electron chi connectivity index (χ4n) is 4.63. The Hall–Kier alpha value is -3.98. The van der Waals surface area contributed by atoms with Crippen LogP contribution >= 0.6 is 11.6 Å². The molecule has 0 spiro atoms. The number of aromatic nitrogens is 3. The number of rotatable bonds is 6. The van der Waals surface area contributed by atoms with Crippen LogP contribution in [0.2, 0.25) is 5.02 Å². The van der Waals surface area contributed by atoms with E-state index in [0.29, 0.717) is 46.2 Å². The van der Waals surface area contributed by atoms with Crippen LogP contribution in [-0.4, -0.2) is 26.3 Å². The van der Waals surface area contributed by atoms with Crippen molar-refractivity contribution in [2.75, 3.05) is 0 Å². The van der Waals surface area contributed by atoms with Gasteiger partial charge in [0.1, 0.15) is 0 Å².